The number of unbranched alkanes of at least 4 members (excludes halogenated alkanes) is 1. The third-order valence-corrected chi connectivity index (χ3v) is 9.38. The summed E-state index contributed by atoms with van der Waals surface area (Å²) >= 11 is 0. The minimum atomic E-state index is -1.64. The Bertz CT molecular complexity index is 1510. The lowest BCUT2D eigenvalue weighted by atomic mass is 9.93. The van der Waals surface area contributed by atoms with E-state index in [0.717, 1.165) is 32.1 Å². The highest BCUT2D eigenvalue weighted by atomic mass is 16.6. The van der Waals surface area contributed by atoms with Gasteiger partial charge >= 0.3 is 6.09 Å². The van der Waals surface area contributed by atoms with Crippen LogP contribution in [0.15, 0.2) is 36.4 Å². The Kier molecular flexibility index (Phi) is 12.0. The average Bonchev–Trinajstić information content (AvgIpc) is 3.76. The Labute approximate surface area is 292 Å². The smallest absolute Gasteiger partial charge is 0.409 e. The highest BCUT2D eigenvalue weighted by molar-refractivity contribution is 5.97. The van der Waals surface area contributed by atoms with E-state index < -0.39 is 35.6 Å². The van der Waals surface area contributed by atoms with Crippen molar-refractivity contribution in [3.05, 3.63) is 42.1 Å². The molecule has 15 nitrogen and oxygen atoms in total. The van der Waals surface area contributed by atoms with Gasteiger partial charge in [-0.15, -0.1) is 0 Å². The van der Waals surface area contributed by atoms with E-state index in [0.29, 0.717) is 31.7 Å². The first-order chi connectivity index (χ1) is 24.0. The molecule has 2 aromatic rings. The molecule has 0 radical (unpaired) electrons. The Balaban J connectivity index is 1.25. The summed E-state index contributed by atoms with van der Waals surface area (Å²) in [5.41, 5.74) is -1.18. The number of carbonyl (C=O) groups excluding carboxylic acids is 5. The molecule has 3 aliphatic rings. The van der Waals surface area contributed by atoms with E-state index >= 15 is 0 Å². The second-order valence-corrected chi connectivity index (χ2v) is 13.6. The molecule has 1 aromatic carbocycles. The molecule has 2 unspecified atom stereocenters. The molecule has 2 atom stereocenters. The fourth-order valence-corrected chi connectivity index (χ4v) is 6.17. The Morgan fingerprint density at radius 3 is 2.32 bits per heavy atom. The minimum absolute atomic E-state index is 0.100. The number of hydrogen-bond donors (Lipinski definition) is 3. The van der Waals surface area contributed by atoms with E-state index in [1.165, 1.54) is 34.4 Å². The molecule has 5 amide bonds. The monoisotopic (exact) mass is 695 g/mol. The summed E-state index contributed by atoms with van der Waals surface area (Å²) in [4.78, 5) is 70.4. The fourth-order valence-electron chi connectivity index (χ4n) is 6.17. The van der Waals surface area contributed by atoms with Crippen LogP contribution in [0.25, 0.3) is 5.69 Å². The quantitative estimate of drug-likeness (QED) is 0.264. The molecule has 1 aromatic heterocycles. The number of likely N-dealkylation sites (tertiary alicyclic amines) is 1. The van der Waals surface area contributed by atoms with Crippen LogP contribution in [-0.4, -0.2) is 129 Å². The van der Waals surface area contributed by atoms with Gasteiger partial charge < -0.3 is 39.9 Å². The minimum Gasteiger partial charge on any atom is -0.467 e. The van der Waals surface area contributed by atoms with Crippen LogP contribution in [-0.2, 0) is 19.1 Å². The van der Waals surface area contributed by atoms with Crippen molar-refractivity contribution in [2.24, 2.45) is 0 Å². The van der Waals surface area contributed by atoms with Crippen molar-refractivity contribution in [1.82, 2.24) is 35.1 Å². The van der Waals surface area contributed by atoms with Gasteiger partial charge in [-0.2, -0.15) is 5.10 Å². The molecule has 1 saturated carbocycles. The number of rotatable bonds is 13. The molecule has 2 saturated heterocycles. The molecule has 50 heavy (non-hydrogen) atoms. The van der Waals surface area contributed by atoms with Crippen LogP contribution in [0.3, 0.4) is 0 Å². The number of para-hydroxylation sites is 1. The van der Waals surface area contributed by atoms with Crippen LogP contribution < -0.4 is 15.4 Å². The SMILES string of the molecule is CCCCOC(=O)N1CCN(C(=O)C(NC(=O)c2cc(OCC(=O)N3CCCC3C(=O)NC3CCC3)n(-c3ccccc3)n2)C(C)(C)O)CC1. The van der Waals surface area contributed by atoms with Gasteiger partial charge in [-0.3, -0.25) is 19.2 Å². The molecule has 5 rings (SSSR count). The van der Waals surface area contributed by atoms with Gasteiger partial charge in [-0.25, -0.2) is 9.48 Å². The zero-order valence-electron chi connectivity index (χ0n) is 29.1. The maximum absolute atomic E-state index is 13.6. The van der Waals surface area contributed by atoms with Crippen molar-refractivity contribution < 1.29 is 38.6 Å². The van der Waals surface area contributed by atoms with Crippen molar-refractivity contribution in [1.29, 1.82) is 0 Å². The molecule has 0 spiro atoms. The predicted molar refractivity (Wildman–Crippen MR) is 182 cm³/mol. The summed E-state index contributed by atoms with van der Waals surface area (Å²) in [6, 6.07) is 8.57. The van der Waals surface area contributed by atoms with Crippen LogP contribution in [0.1, 0.15) is 76.2 Å². The number of nitrogens with one attached hydrogen (secondary N) is 2. The lowest BCUT2D eigenvalue weighted by molar-refractivity contribution is -0.140. The predicted octanol–water partition coefficient (Wildman–Crippen LogP) is 1.86. The second kappa shape index (κ2) is 16.4. The first-order valence-electron chi connectivity index (χ1n) is 17.6. The second-order valence-electron chi connectivity index (χ2n) is 13.6. The number of carbonyl (C=O) groups is 5. The first kappa shape index (κ1) is 36.6. The lowest BCUT2D eigenvalue weighted by Crippen LogP contribution is -2.61. The maximum Gasteiger partial charge on any atom is 0.409 e. The summed E-state index contributed by atoms with van der Waals surface area (Å²) < 4.78 is 12.6. The third-order valence-electron chi connectivity index (χ3n) is 9.38. The van der Waals surface area contributed by atoms with Crippen LogP contribution in [0.4, 0.5) is 4.79 Å². The normalized spacial score (nSPS) is 18.6. The molecule has 3 fully saturated rings. The van der Waals surface area contributed by atoms with E-state index in [1.807, 2.05) is 13.0 Å². The van der Waals surface area contributed by atoms with Crippen molar-refractivity contribution in [3.8, 4) is 11.6 Å². The first-order valence-corrected chi connectivity index (χ1v) is 17.6. The molecule has 3 N–H and O–H groups in total. The zero-order valence-corrected chi connectivity index (χ0v) is 29.1. The summed E-state index contributed by atoms with van der Waals surface area (Å²) in [7, 11) is 0. The Morgan fingerprint density at radius 2 is 1.68 bits per heavy atom. The van der Waals surface area contributed by atoms with E-state index in [4.69, 9.17) is 9.47 Å². The molecule has 2 aliphatic heterocycles. The summed E-state index contributed by atoms with van der Waals surface area (Å²) in [5.74, 6) is -1.63. The van der Waals surface area contributed by atoms with Gasteiger partial charge in [0.05, 0.1) is 17.9 Å². The fraction of sp³-hybridized carbons (Fsp3) is 0.600. The van der Waals surface area contributed by atoms with Gasteiger partial charge in [0, 0.05) is 44.8 Å². The van der Waals surface area contributed by atoms with Crippen LogP contribution >= 0.6 is 0 Å². The highest BCUT2D eigenvalue weighted by Gasteiger charge is 2.40. The van der Waals surface area contributed by atoms with Crippen LogP contribution in [0, 0.1) is 0 Å². The van der Waals surface area contributed by atoms with Crippen molar-refractivity contribution >= 4 is 29.7 Å². The number of amides is 5. The Morgan fingerprint density at radius 1 is 0.980 bits per heavy atom. The standard InChI is InChI=1S/C35H49N7O8/c1-4-5-21-49-34(47)40-19-17-39(18-20-40)33(46)30(35(2,3)48)37-31(44)26-22-29(42(38-26)25-13-7-6-8-14-25)50-23-28(43)41-16-10-15-27(41)32(45)36-24-11-9-12-24/h6-8,13-14,22,24,27,30,48H,4-5,9-12,15-21,23H2,1-3H3,(H,36,45)(H,37,44). The van der Waals surface area contributed by atoms with Crippen molar-refractivity contribution in [2.75, 3.05) is 45.9 Å². The number of aliphatic hydroxyl groups is 1. The summed E-state index contributed by atoms with van der Waals surface area (Å²) in [6.07, 6.45) is 5.53. The number of ether oxygens (including phenoxy) is 2. The van der Waals surface area contributed by atoms with Gasteiger partial charge in [-0.05, 0) is 64.5 Å². The van der Waals surface area contributed by atoms with E-state index in [1.54, 1.807) is 29.2 Å². The highest BCUT2D eigenvalue weighted by Crippen LogP contribution is 2.24. The van der Waals surface area contributed by atoms with E-state index in [2.05, 4.69) is 15.7 Å². The number of hydrogen-bond acceptors (Lipinski definition) is 9. The maximum atomic E-state index is 13.6. The largest absolute Gasteiger partial charge is 0.467 e. The van der Waals surface area contributed by atoms with E-state index in [9.17, 15) is 29.1 Å². The number of benzene rings is 1. The van der Waals surface area contributed by atoms with Crippen LogP contribution in [0.5, 0.6) is 5.88 Å². The summed E-state index contributed by atoms with van der Waals surface area (Å²) in [5, 5.41) is 21.1. The molecular formula is C35H49N7O8. The Hall–Kier alpha value is -4.66. The molecule has 272 valence electrons. The molecule has 1 aliphatic carbocycles. The van der Waals surface area contributed by atoms with Gasteiger partial charge in [0.1, 0.15) is 12.1 Å². The third kappa shape index (κ3) is 8.92. The van der Waals surface area contributed by atoms with Gasteiger partial charge in [0.2, 0.25) is 17.7 Å². The average molecular weight is 696 g/mol. The van der Waals surface area contributed by atoms with Crippen molar-refractivity contribution in [3.63, 3.8) is 0 Å². The topological polar surface area (TPSA) is 176 Å². The molecule has 0 bridgehead atoms. The number of nitrogens with zero attached hydrogens (tertiary/aromatic N) is 5. The van der Waals surface area contributed by atoms with Gasteiger partial charge in [0.25, 0.3) is 11.8 Å². The van der Waals surface area contributed by atoms with Gasteiger partial charge in [-0.1, -0.05) is 31.5 Å². The van der Waals surface area contributed by atoms with Gasteiger partial charge in [0.15, 0.2) is 12.3 Å². The molecule has 3 heterocycles. The van der Waals surface area contributed by atoms with E-state index in [-0.39, 0.29) is 62.2 Å². The lowest BCUT2D eigenvalue weighted by Gasteiger charge is -2.38. The van der Waals surface area contributed by atoms with Crippen molar-refractivity contribution in [2.45, 2.75) is 89.4 Å². The zero-order chi connectivity index (χ0) is 35.8. The number of piperazine rings is 1. The number of aromatic nitrogens is 2. The molecule has 15 heteroatoms. The van der Waals surface area contributed by atoms with Crippen LogP contribution in [0.2, 0.25) is 0 Å². The molecular weight excluding hydrogens is 646 g/mol. The summed E-state index contributed by atoms with van der Waals surface area (Å²) in [6.45, 7) is 6.19.